The number of hydrogen-bond acceptors (Lipinski definition) is 5. The van der Waals surface area contributed by atoms with Crippen molar-refractivity contribution in [3.63, 3.8) is 0 Å². The Morgan fingerprint density at radius 3 is 3.26 bits per heavy atom. The Morgan fingerprint density at radius 1 is 1.57 bits per heavy atom. The molecular formula is C16H21N3O3S. The zero-order chi connectivity index (χ0) is 16.1. The van der Waals surface area contributed by atoms with E-state index in [4.69, 9.17) is 9.47 Å². The molecular weight excluding hydrogens is 314 g/mol. The summed E-state index contributed by atoms with van der Waals surface area (Å²) in [4.78, 5) is 12.6. The van der Waals surface area contributed by atoms with Gasteiger partial charge < -0.3 is 14.8 Å². The molecule has 1 N–H and O–H groups in total. The first-order valence-corrected chi connectivity index (χ1v) is 8.69. The molecule has 0 saturated carbocycles. The first kappa shape index (κ1) is 16.2. The maximum absolute atomic E-state index is 12.6. The number of amides is 1. The summed E-state index contributed by atoms with van der Waals surface area (Å²) in [5, 5.41) is 11.2. The molecule has 1 aliphatic heterocycles. The number of carbonyl (C=O) groups is 1. The molecule has 1 amide bonds. The summed E-state index contributed by atoms with van der Waals surface area (Å²) in [6.45, 7) is 2.04. The highest BCUT2D eigenvalue weighted by atomic mass is 32.1. The van der Waals surface area contributed by atoms with Gasteiger partial charge in [0, 0.05) is 38.4 Å². The Morgan fingerprint density at radius 2 is 2.48 bits per heavy atom. The predicted molar refractivity (Wildman–Crippen MR) is 88.5 cm³/mol. The fourth-order valence-corrected chi connectivity index (χ4v) is 3.44. The summed E-state index contributed by atoms with van der Waals surface area (Å²) in [7, 11) is 1.69. The molecule has 1 fully saturated rings. The van der Waals surface area contributed by atoms with Crippen molar-refractivity contribution in [2.24, 2.45) is 5.92 Å². The molecule has 0 aliphatic carbocycles. The standard InChI is InChI=1S/C16H21N3O3S/c1-21-8-2-7-19-14(3-6-17-19)15-13(4-9-22-15)16(20)18-12-5-10-23-11-12/h3,5-6,10-11,13,15H,2,4,7-9H2,1H3,(H,18,20)/t13-,15-/m0/s1. The number of aryl methyl sites for hydroxylation is 1. The highest BCUT2D eigenvalue weighted by Gasteiger charge is 2.37. The van der Waals surface area contributed by atoms with Gasteiger partial charge in [-0.15, -0.1) is 0 Å². The third-order valence-corrected chi connectivity index (χ3v) is 4.66. The van der Waals surface area contributed by atoms with Gasteiger partial charge in [-0.3, -0.25) is 9.48 Å². The first-order valence-electron chi connectivity index (χ1n) is 7.75. The van der Waals surface area contributed by atoms with Crippen LogP contribution in [0.25, 0.3) is 0 Å². The van der Waals surface area contributed by atoms with Crippen LogP contribution in [0.1, 0.15) is 24.6 Å². The molecule has 0 aromatic carbocycles. The van der Waals surface area contributed by atoms with Crippen LogP contribution >= 0.6 is 11.3 Å². The van der Waals surface area contributed by atoms with Gasteiger partial charge in [-0.2, -0.15) is 16.4 Å². The first-order chi connectivity index (χ1) is 11.3. The molecule has 124 valence electrons. The van der Waals surface area contributed by atoms with Crippen LogP contribution in [0.5, 0.6) is 0 Å². The average Bonchev–Trinajstić information content (AvgIpc) is 3.28. The van der Waals surface area contributed by atoms with Gasteiger partial charge in [0.2, 0.25) is 5.91 Å². The van der Waals surface area contributed by atoms with Crippen LogP contribution in [0.2, 0.25) is 0 Å². The van der Waals surface area contributed by atoms with E-state index in [1.54, 1.807) is 24.6 Å². The van der Waals surface area contributed by atoms with Crippen LogP contribution in [0.3, 0.4) is 0 Å². The lowest BCUT2D eigenvalue weighted by molar-refractivity contribution is -0.121. The zero-order valence-electron chi connectivity index (χ0n) is 13.1. The number of nitrogens with zero attached hydrogens (tertiary/aromatic N) is 2. The van der Waals surface area contributed by atoms with Crippen LogP contribution in [0.4, 0.5) is 5.69 Å². The second-order valence-corrected chi connectivity index (χ2v) is 6.29. The van der Waals surface area contributed by atoms with Crippen molar-refractivity contribution < 1.29 is 14.3 Å². The maximum Gasteiger partial charge on any atom is 0.230 e. The van der Waals surface area contributed by atoms with E-state index in [2.05, 4.69) is 10.4 Å². The van der Waals surface area contributed by atoms with Crippen molar-refractivity contribution in [3.8, 4) is 0 Å². The van der Waals surface area contributed by atoms with Gasteiger partial charge in [0.1, 0.15) is 6.10 Å². The molecule has 3 heterocycles. The number of anilines is 1. The molecule has 0 radical (unpaired) electrons. The Labute approximate surface area is 139 Å². The zero-order valence-corrected chi connectivity index (χ0v) is 13.9. The normalized spacial score (nSPS) is 20.7. The lowest BCUT2D eigenvalue weighted by Crippen LogP contribution is -2.26. The van der Waals surface area contributed by atoms with E-state index < -0.39 is 0 Å². The summed E-state index contributed by atoms with van der Waals surface area (Å²) < 4.78 is 12.9. The molecule has 7 heteroatoms. The smallest absolute Gasteiger partial charge is 0.230 e. The summed E-state index contributed by atoms with van der Waals surface area (Å²) >= 11 is 1.56. The number of nitrogens with one attached hydrogen (secondary N) is 1. The van der Waals surface area contributed by atoms with Crippen LogP contribution in [-0.2, 0) is 20.8 Å². The third kappa shape index (κ3) is 3.80. The minimum Gasteiger partial charge on any atom is -0.385 e. The van der Waals surface area contributed by atoms with Crippen molar-refractivity contribution in [1.82, 2.24) is 9.78 Å². The van der Waals surface area contributed by atoms with Crippen molar-refractivity contribution in [2.75, 3.05) is 25.6 Å². The SMILES string of the molecule is COCCCn1nccc1[C@H]1OCC[C@@H]1C(=O)Nc1ccsc1. The maximum atomic E-state index is 12.6. The third-order valence-electron chi connectivity index (χ3n) is 3.98. The lowest BCUT2D eigenvalue weighted by atomic mass is 9.98. The number of aromatic nitrogens is 2. The largest absolute Gasteiger partial charge is 0.385 e. The molecule has 1 aliphatic rings. The average molecular weight is 335 g/mol. The molecule has 3 rings (SSSR count). The Bertz CT molecular complexity index is 626. The molecule has 0 unspecified atom stereocenters. The molecule has 0 bridgehead atoms. The van der Waals surface area contributed by atoms with Crippen LogP contribution in [0, 0.1) is 5.92 Å². The van der Waals surface area contributed by atoms with Gasteiger partial charge in [-0.1, -0.05) is 0 Å². The van der Waals surface area contributed by atoms with E-state index in [0.29, 0.717) is 13.2 Å². The van der Waals surface area contributed by atoms with E-state index in [0.717, 1.165) is 30.8 Å². The van der Waals surface area contributed by atoms with Crippen molar-refractivity contribution in [1.29, 1.82) is 0 Å². The monoisotopic (exact) mass is 335 g/mol. The quantitative estimate of drug-likeness (QED) is 0.790. The summed E-state index contributed by atoms with van der Waals surface area (Å²) in [5.74, 6) is -0.177. The Kier molecular flexibility index (Phi) is 5.43. The van der Waals surface area contributed by atoms with E-state index in [9.17, 15) is 4.79 Å². The fourth-order valence-electron chi connectivity index (χ4n) is 2.85. The highest BCUT2D eigenvalue weighted by molar-refractivity contribution is 7.08. The Balaban J connectivity index is 1.69. The van der Waals surface area contributed by atoms with Gasteiger partial charge in [-0.25, -0.2) is 0 Å². The summed E-state index contributed by atoms with van der Waals surface area (Å²) in [6, 6.07) is 3.84. The second kappa shape index (κ2) is 7.72. The number of ether oxygens (including phenoxy) is 2. The fraction of sp³-hybridized carbons (Fsp3) is 0.500. The van der Waals surface area contributed by atoms with Gasteiger partial charge in [0.25, 0.3) is 0 Å². The van der Waals surface area contributed by atoms with E-state index in [1.165, 1.54) is 0 Å². The number of carbonyl (C=O) groups excluding carboxylic acids is 1. The topological polar surface area (TPSA) is 65.4 Å². The highest BCUT2D eigenvalue weighted by Crippen LogP contribution is 2.35. The lowest BCUT2D eigenvalue weighted by Gasteiger charge is -2.19. The van der Waals surface area contributed by atoms with Gasteiger partial charge in [-0.05, 0) is 30.4 Å². The molecule has 1 saturated heterocycles. The van der Waals surface area contributed by atoms with Crippen LogP contribution in [0.15, 0.2) is 29.1 Å². The molecule has 0 spiro atoms. The van der Waals surface area contributed by atoms with Crippen LogP contribution in [-0.4, -0.2) is 36.0 Å². The summed E-state index contributed by atoms with van der Waals surface area (Å²) in [6.07, 6.45) is 3.13. The molecule has 2 atom stereocenters. The second-order valence-electron chi connectivity index (χ2n) is 5.51. The van der Waals surface area contributed by atoms with Gasteiger partial charge in [0.05, 0.1) is 17.3 Å². The van der Waals surface area contributed by atoms with Crippen molar-refractivity contribution in [2.45, 2.75) is 25.5 Å². The predicted octanol–water partition coefficient (Wildman–Crippen LogP) is 2.70. The number of rotatable bonds is 7. The molecule has 23 heavy (non-hydrogen) atoms. The summed E-state index contributed by atoms with van der Waals surface area (Å²) in [5.41, 5.74) is 1.81. The van der Waals surface area contributed by atoms with Crippen molar-refractivity contribution in [3.05, 3.63) is 34.8 Å². The van der Waals surface area contributed by atoms with Gasteiger partial charge >= 0.3 is 0 Å². The van der Waals surface area contributed by atoms with Crippen molar-refractivity contribution >= 4 is 22.9 Å². The Hall–Kier alpha value is -1.70. The number of hydrogen-bond donors (Lipinski definition) is 1. The minimum absolute atomic E-state index is 0.00976. The molecule has 2 aromatic rings. The van der Waals surface area contributed by atoms with E-state index in [-0.39, 0.29) is 17.9 Å². The molecule has 2 aromatic heterocycles. The van der Waals surface area contributed by atoms with E-state index >= 15 is 0 Å². The van der Waals surface area contributed by atoms with E-state index in [1.807, 2.05) is 27.6 Å². The molecule has 6 nitrogen and oxygen atoms in total. The van der Waals surface area contributed by atoms with Gasteiger partial charge in [0.15, 0.2) is 0 Å². The number of methoxy groups -OCH3 is 1. The minimum atomic E-state index is -0.237. The number of thiophene rings is 1. The van der Waals surface area contributed by atoms with Crippen LogP contribution < -0.4 is 5.32 Å².